The van der Waals surface area contributed by atoms with E-state index in [1.165, 1.54) is 15.1 Å². The highest BCUT2D eigenvalue weighted by Crippen LogP contribution is 2.22. The molecule has 3 rings (SSSR count). The molecule has 1 unspecified atom stereocenters. The van der Waals surface area contributed by atoms with E-state index >= 15 is 0 Å². The summed E-state index contributed by atoms with van der Waals surface area (Å²) in [6.45, 7) is 2.74. The van der Waals surface area contributed by atoms with Crippen molar-refractivity contribution in [2.75, 3.05) is 44.3 Å². The summed E-state index contributed by atoms with van der Waals surface area (Å²) in [6, 6.07) is 3.22. The van der Waals surface area contributed by atoms with Gasteiger partial charge in [0.2, 0.25) is 0 Å². The van der Waals surface area contributed by atoms with Crippen molar-refractivity contribution in [3.8, 4) is 0 Å². The molecule has 25 heavy (non-hydrogen) atoms. The lowest BCUT2D eigenvalue weighted by Gasteiger charge is -2.37. The number of ether oxygens (including phenoxy) is 1. The quantitative estimate of drug-likeness (QED) is 0.736. The van der Waals surface area contributed by atoms with Crippen LogP contribution in [0.4, 0.5) is 5.82 Å². The topological polar surface area (TPSA) is 96.8 Å². The molecule has 1 atom stereocenters. The summed E-state index contributed by atoms with van der Waals surface area (Å²) in [5.74, 6) is 0.706. The van der Waals surface area contributed by atoms with Crippen molar-refractivity contribution in [3.63, 3.8) is 0 Å². The van der Waals surface area contributed by atoms with Crippen molar-refractivity contribution >= 4 is 16.0 Å². The molecule has 1 aromatic heterocycles. The minimum absolute atomic E-state index is 0.0227. The van der Waals surface area contributed by atoms with Crippen LogP contribution in [0.1, 0.15) is 19.3 Å². The maximum absolute atomic E-state index is 12.4. The molecule has 0 saturated carbocycles. The summed E-state index contributed by atoms with van der Waals surface area (Å²) < 4.78 is 35.6. The Labute approximate surface area is 147 Å². The van der Waals surface area contributed by atoms with Crippen LogP contribution in [0, 0.1) is 0 Å². The number of anilines is 1. The molecule has 140 valence electrons. The molecule has 1 N–H and O–H groups in total. The lowest BCUT2D eigenvalue weighted by molar-refractivity contribution is 0.0724. The van der Waals surface area contributed by atoms with Crippen LogP contribution >= 0.6 is 0 Å². The van der Waals surface area contributed by atoms with Crippen LogP contribution in [-0.2, 0) is 22.0 Å². The molecule has 1 aromatic rings. The summed E-state index contributed by atoms with van der Waals surface area (Å²) in [5.41, 5.74) is -0.162. The van der Waals surface area contributed by atoms with Crippen molar-refractivity contribution in [2.45, 2.75) is 25.3 Å². The third kappa shape index (κ3) is 4.38. The zero-order valence-electron chi connectivity index (χ0n) is 14.4. The fraction of sp³-hybridized carbons (Fsp3) is 0.733. The average molecular weight is 371 g/mol. The van der Waals surface area contributed by atoms with Crippen LogP contribution in [0.5, 0.6) is 0 Å². The second-order valence-corrected chi connectivity index (χ2v) is 8.12. The number of nitrogens with one attached hydrogen (secondary N) is 1. The number of aryl methyl sites for hydroxylation is 1. The molecular weight excluding hydrogens is 346 g/mol. The van der Waals surface area contributed by atoms with Gasteiger partial charge in [-0.2, -0.15) is 17.8 Å². The number of hydrogen-bond donors (Lipinski definition) is 1. The maximum Gasteiger partial charge on any atom is 0.279 e. The van der Waals surface area contributed by atoms with Crippen molar-refractivity contribution < 1.29 is 13.2 Å². The molecule has 0 spiro atoms. The molecule has 10 heteroatoms. The van der Waals surface area contributed by atoms with E-state index in [4.69, 9.17) is 4.74 Å². The van der Waals surface area contributed by atoms with E-state index < -0.39 is 10.2 Å². The average Bonchev–Trinajstić information content (AvgIpc) is 2.63. The number of aromatic nitrogens is 2. The maximum atomic E-state index is 12.4. The van der Waals surface area contributed by atoms with Gasteiger partial charge in [0.1, 0.15) is 5.82 Å². The van der Waals surface area contributed by atoms with E-state index in [-0.39, 0.29) is 11.6 Å². The molecular formula is C15H25N5O4S. The zero-order chi connectivity index (χ0) is 17.9. The number of hydrogen-bond acceptors (Lipinski definition) is 6. The third-order valence-corrected chi connectivity index (χ3v) is 6.26. The highest BCUT2D eigenvalue weighted by Gasteiger charge is 2.28. The van der Waals surface area contributed by atoms with Gasteiger partial charge in [-0.15, -0.1) is 0 Å². The van der Waals surface area contributed by atoms with Crippen molar-refractivity contribution in [3.05, 3.63) is 22.5 Å². The summed E-state index contributed by atoms with van der Waals surface area (Å²) in [7, 11) is -1.89. The molecule has 2 fully saturated rings. The standard InChI is InChI=1S/C15H25N5O4S/c1-18-15(21)6-5-14(17-18)20-7-3-2-4-13(20)12-16-25(22,23)19-8-10-24-11-9-19/h5-6,13,16H,2-4,7-12H2,1H3. The molecule has 0 bridgehead atoms. The summed E-state index contributed by atoms with van der Waals surface area (Å²) in [4.78, 5) is 13.6. The van der Waals surface area contributed by atoms with E-state index in [0.717, 1.165) is 25.8 Å². The Bertz CT molecular complexity index is 745. The van der Waals surface area contributed by atoms with Crippen molar-refractivity contribution in [1.29, 1.82) is 0 Å². The first kappa shape index (κ1) is 18.3. The number of piperidine rings is 1. The second kappa shape index (κ2) is 7.81. The molecule has 2 aliphatic heterocycles. The van der Waals surface area contributed by atoms with Crippen molar-refractivity contribution in [1.82, 2.24) is 18.8 Å². The van der Waals surface area contributed by atoms with E-state index in [2.05, 4.69) is 14.7 Å². The van der Waals surface area contributed by atoms with Gasteiger partial charge in [-0.3, -0.25) is 4.79 Å². The van der Waals surface area contributed by atoms with Gasteiger partial charge < -0.3 is 9.64 Å². The zero-order valence-corrected chi connectivity index (χ0v) is 15.2. The predicted octanol–water partition coefficient (Wildman–Crippen LogP) is -0.694. The molecule has 0 amide bonds. The van der Waals surface area contributed by atoms with Gasteiger partial charge in [-0.1, -0.05) is 0 Å². The lowest BCUT2D eigenvalue weighted by Crippen LogP contribution is -2.52. The Balaban J connectivity index is 1.68. The van der Waals surface area contributed by atoms with Gasteiger partial charge in [-0.25, -0.2) is 9.40 Å². The summed E-state index contributed by atoms with van der Waals surface area (Å²) in [6.07, 6.45) is 2.96. The van der Waals surface area contributed by atoms with Crippen LogP contribution in [-0.4, -0.2) is 67.9 Å². The largest absolute Gasteiger partial charge is 0.379 e. The predicted molar refractivity (Wildman–Crippen MR) is 93.8 cm³/mol. The minimum atomic E-state index is -3.50. The van der Waals surface area contributed by atoms with Crippen LogP contribution < -0.4 is 15.2 Å². The minimum Gasteiger partial charge on any atom is -0.379 e. The number of rotatable bonds is 5. The van der Waals surface area contributed by atoms with Crippen LogP contribution in [0.3, 0.4) is 0 Å². The highest BCUT2D eigenvalue weighted by molar-refractivity contribution is 7.87. The summed E-state index contributed by atoms with van der Waals surface area (Å²) >= 11 is 0. The molecule has 2 saturated heterocycles. The molecule has 0 aliphatic carbocycles. The van der Waals surface area contributed by atoms with Gasteiger partial charge >= 0.3 is 0 Å². The van der Waals surface area contributed by atoms with E-state index in [9.17, 15) is 13.2 Å². The Morgan fingerprint density at radius 1 is 1.24 bits per heavy atom. The fourth-order valence-corrected chi connectivity index (χ4v) is 4.45. The molecule has 3 heterocycles. The first-order chi connectivity index (χ1) is 12.0. The van der Waals surface area contributed by atoms with Crippen LogP contribution in [0.15, 0.2) is 16.9 Å². The first-order valence-corrected chi connectivity index (χ1v) is 10.0. The van der Waals surface area contributed by atoms with Gasteiger partial charge in [-0.05, 0) is 25.3 Å². The lowest BCUT2D eigenvalue weighted by atomic mass is 10.0. The molecule has 0 aromatic carbocycles. The first-order valence-electron chi connectivity index (χ1n) is 8.61. The van der Waals surface area contributed by atoms with Gasteiger partial charge in [0, 0.05) is 45.3 Å². The SMILES string of the molecule is Cn1nc(N2CCCCC2CNS(=O)(=O)N2CCOCC2)ccc1=O. The Morgan fingerprint density at radius 2 is 2.00 bits per heavy atom. The third-order valence-electron chi connectivity index (χ3n) is 4.68. The van der Waals surface area contributed by atoms with Gasteiger partial charge in [0.05, 0.1) is 13.2 Å². The second-order valence-electron chi connectivity index (χ2n) is 6.36. The smallest absolute Gasteiger partial charge is 0.279 e. The normalized spacial score (nSPS) is 22.9. The van der Waals surface area contributed by atoms with Crippen LogP contribution in [0.25, 0.3) is 0 Å². The highest BCUT2D eigenvalue weighted by atomic mass is 32.2. The number of morpholine rings is 1. The Kier molecular flexibility index (Phi) is 5.72. The number of nitrogens with zero attached hydrogens (tertiary/aromatic N) is 4. The van der Waals surface area contributed by atoms with Crippen molar-refractivity contribution in [2.24, 2.45) is 7.05 Å². The van der Waals surface area contributed by atoms with Crippen LogP contribution in [0.2, 0.25) is 0 Å². The fourth-order valence-electron chi connectivity index (χ4n) is 3.24. The molecule has 2 aliphatic rings. The van der Waals surface area contributed by atoms with E-state index in [1.807, 2.05) is 0 Å². The molecule has 0 radical (unpaired) electrons. The van der Waals surface area contributed by atoms with Gasteiger partial charge in [0.25, 0.3) is 15.8 Å². The molecule has 9 nitrogen and oxygen atoms in total. The van der Waals surface area contributed by atoms with Gasteiger partial charge in [0.15, 0.2) is 0 Å². The monoisotopic (exact) mass is 371 g/mol. The Hall–Kier alpha value is -1.49. The van der Waals surface area contributed by atoms with E-state index in [1.54, 1.807) is 13.1 Å². The summed E-state index contributed by atoms with van der Waals surface area (Å²) in [5, 5.41) is 4.31. The Morgan fingerprint density at radius 3 is 2.72 bits per heavy atom. The van der Waals surface area contributed by atoms with E-state index in [0.29, 0.717) is 38.7 Å².